The van der Waals surface area contributed by atoms with E-state index in [1.54, 1.807) is 0 Å². The summed E-state index contributed by atoms with van der Waals surface area (Å²) in [5, 5.41) is 5.22. The molecule has 0 amide bonds. The van der Waals surface area contributed by atoms with Gasteiger partial charge in [-0.25, -0.2) is 0 Å². The first kappa shape index (κ1) is 16.1. The predicted molar refractivity (Wildman–Crippen MR) is 87.6 cm³/mol. The zero-order valence-electron chi connectivity index (χ0n) is 12.5. The smallest absolute Gasteiger partial charge is 0.0452 e. The van der Waals surface area contributed by atoms with Gasteiger partial charge in [0.05, 0.1) is 0 Å². The van der Waals surface area contributed by atoms with Gasteiger partial charge in [-0.05, 0) is 36.6 Å². The Balaban J connectivity index is 2.08. The van der Waals surface area contributed by atoms with Crippen LogP contribution in [0.4, 0.5) is 0 Å². The van der Waals surface area contributed by atoms with Crippen LogP contribution in [0.2, 0.25) is 10.0 Å². The molecule has 1 aromatic rings. The third-order valence-electron chi connectivity index (χ3n) is 4.44. The molecule has 3 unspecified atom stereocenters. The number of benzene rings is 1. The molecular weight excluding hydrogens is 291 g/mol. The molecule has 2 nitrogen and oxygen atoms in total. The summed E-state index contributed by atoms with van der Waals surface area (Å²) < 4.78 is 0. The van der Waals surface area contributed by atoms with Crippen molar-refractivity contribution in [3.63, 3.8) is 0 Å². The van der Waals surface area contributed by atoms with Gasteiger partial charge in [0, 0.05) is 41.8 Å². The summed E-state index contributed by atoms with van der Waals surface area (Å²) in [4.78, 5) is 2.50. The van der Waals surface area contributed by atoms with E-state index in [0.29, 0.717) is 18.0 Å². The van der Waals surface area contributed by atoms with Crippen LogP contribution >= 0.6 is 23.2 Å². The van der Waals surface area contributed by atoms with E-state index in [0.717, 1.165) is 35.2 Å². The molecular formula is C16H24Cl2N2. The van der Waals surface area contributed by atoms with E-state index in [1.807, 2.05) is 18.2 Å². The Labute approximate surface area is 132 Å². The minimum absolute atomic E-state index is 0.519. The largest absolute Gasteiger partial charge is 0.311 e. The van der Waals surface area contributed by atoms with Crippen LogP contribution in [0.5, 0.6) is 0 Å². The highest BCUT2D eigenvalue weighted by atomic mass is 35.5. The Kier molecular flexibility index (Phi) is 5.74. The first-order chi connectivity index (χ1) is 9.51. The molecule has 0 aromatic heterocycles. The Hall–Kier alpha value is -0.280. The van der Waals surface area contributed by atoms with Gasteiger partial charge in [0.15, 0.2) is 0 Å². The second-order valence-corrected chi connectivity index (χ2v) is 6.76. The van der Waals surface area contributed by atoms with Crippen molar-refractivity contribution in [1.29, 1.82) is 0 Å². The molecule has 1 saturated heterocycles. The first-order valence-electron chi connectivity index (χ1n) is 7.42. The van der Waals surface area contributed by atoms with E-state index < -0.39 is 0 Å². The molecule has 1 N–H and O–H groups in total. The van der Waals surface area contributed by atoms with Crippen LogP contribution in [0, 0.1) is 5.92 Å². The minimum Gasteiger partial charge on any atom is -0.311 e. The first-order valence-corrected chi connectivity index (χ1v) is 8.18. The quantitative estimate of drug-likeness (QED) is 0.896. The zero-order chi connectivity index (χ0) is 14.7. The van der Waals surface area contributed by atoms with E-state index in [9.17, 15) is 0 Å². The molecule has 1 aliphatic heterocycles. The van der Waals surface area contributed by atoms with E-state index >= 15 is 0 Å². The van der Waals surface area contributed by atoms with Gasteiger partial charge in [-0.15, -0.1) is 0 Å². The van der Waals surface area contributed by atoms with E-state index in [-0.39, 0.29) is 0 Å². The Morgan fingerprint density at radius 1 is 1.40 bits per heavy atom. The van der Waals surface area contributed by atoms with Crippen molar-refractivity contribution in [2.45, 2.75) is 45.8 Å². The molecule has 3 atom stereocenters. The molecule has 0 bridgehead atoms. The van der Waals surface area contributed by atoms with Crippen LogP contribution in [0.3, 0.4) is 0 Å². The number of rotatable bonds is 4. The average Bonchev–Trinajstić information content (AvgIpc) is 2.44. The van der Waals surface area contributed by atoms with Crippen LogP contribution in [0.15, 0.2) is 18.2 Å². The van der Waals surface area contributed by atoms with Crippen LogP contribution < -0.4 is 5.32 Å². The SMILES string of the molecule is CCC(C)C1CN(Cc2cc(Cl)ccc2Cl)C(C)CN1. The number of nitrogens with one attached hydrogen (secondary N) is 1. The topological polar surface area (TPSA) is 15.3 Å². The van der Waals surface area contributed by atoms with Crippen molar-refractivity contribution in [2.75, 3.05) is 13.1 Å². The van der Waals surface area contributed by atoms with E-state index in [2.05, 4.69) is 31.0 Å². The molecule has 2 rings (SSSR count). The van der Waals surface area contributed by atoms with Crippen LogP contribution in [-0.2, 0) is 6.54 Å². The van der Waals surface area contributed by atoms with Crippen molar-refractivity contribution < 1.29 is 0 Å². The monoisotopic (exact) mass is 314 g/mol. The molecule has 0 radical (unpaired) electrons. The van der Waals surface area contributed by atoms with Crippen molar-refractivity contribution >= 4 is 23.2 Å². The molecule has 0 aliphatic carbocycles. The molecule has 1 aromatic carbocycles. The van der Waals surface area contributed by atoms with Crippen molar-refractivity contribution in [1.82, 2.24) is 10.2 Å². The maximum atomic E-state index is 6.29. The van der Waals surface area contributed by atoms with Gasteiger partial charge in [0.2, 0.25) is 0 Å². The molecule has 4 heteroatoms. The maximum Gasteiger partial charge on any atom is 0.0452 e. The molecule has 0 spiro atoms. The lowest BCUT2D eigenvalue weighted by Crippen LogP contribution is -2.56. The number of hydrogen-bond acceptors (Lipinski definition) is 2. The normalized spacial score (nSPS) is 25.6. The summed E-state index contributed by atoms with van der Waals surface area (Å²) in [6, 6.07) is 6.80. The van der Waals surface area contributed by atoms with Gasteiger partial charge >= 0.3 is 0 Å². The third-order valence-corrected chi connectivity index (χ3v) is 5.05. The lowest BCUT2D eigenvalue weighted by atomic mass is 9.95. The molecule has 1 fully saturated rings. The summed E-state index contributed by atoms with van der Waals surface area (Å²) in [7, 11) is 0. The molecule has 0 saturated carbocycles. The lowest BCUT2D eigenvalue weighted by Gasteiger charge is -2.41. The molecule has 112 valence electrons. The summed E-state index contributed by atoms with van der Waals surface area (Å²) >= 11 is 12.4. The van der Waals surface area contributed by atoms with Gasteiger partial charge in [-0.2, -0.15) is 0 Å². The van der Waals surface area contributed by atoms with Crippen LogP contribution in [0.1, 0.15) is 32.8 Å². The summed E-state index contributed by atoms with van der Waals surface area (Å²) in [6.07, 6.45) is 1.21. The second-order valence-electron chi connectivity index (χ2n) is 5.91. The highest BCUT2D eigenvalue weighted by Gasteiger charge is 2.27. The van der Waals surface area contributed by atoms with Crippen molar-refractivity contribution in [3.05, 3.63) is 33.8 Å². The standard InChI is InChI=1S/C16H24Cl2N2/c1-4-11(2)16-10-20(12(3)8-19-16)9-13-7-14(17)5-6-15(13)18/h5-7,11-12,16,19H,4,8-10H2,1-3H3. The summed E-state index contributed by atoms with van der Waals surface area (Å²) in [6.45, 7) is 9.81. The van der Waals surface area contributed by atoms with Gasteiger partial charge in [-0.3, -0.25) is 4.90 Å². The second kappa shape index (κ2) is 7.13. The number of piperazine rings is 1. The Bertz CT molecular complexity index is 450. The summed E-state index contributed by atoms with van der Waals surface area (Å²) in [5.74, 6) is 0.694. The van der Waals surface area contributed by atoms with E-state index in [4.69, 9.17) is 23.2 Å². The molecule has 20 heavy (non-hydrogen) atoms. The highest BCUT2D eigenvalue weighted by molar-refractivity contribution is 6.33. The Morgan fingerprint density at radius 2 is 2.15 bits per heavy atom. The molecule has 1 aliphatic rings. The predicted octanol–water partition coefficient (Wildman–Crippen LogP) is 4.20. The van der Waals surface area contributed by atoms with Gasteiger partial charge in [-0.1, -0.05) is 43.5 Å². The van der Waals surface area contributed by atoms with Crippen molar-refractivity contribution in [2.24, 2.45) is 5.92 Å². The number of halogens is 2. The van der Waals surface area contributed by atoms with Crippen LogP contribution in [-0.4, -0.2) is 30.1 Å². The Morgan fingerprint density at radius 3 is 2.85 bits per heavy atom. The fourth-order valence-electron chi connectivity index (χ4n) is 2.72. The van der Waals surface area contributed by atoms with Gasteiger partial charge in [0.25, 0.3) is 0 Å². The third kappa shape index (κ3) is 3.88. The maximum absolute atomic E-state index is 6.29. The van der Waals surface area contributed by atoms with Gasteiger partial charge < -0.3 is 5.32 Å². The fourth-order valence-corrected chi connectivity index (χ4v) is 3.09. The minimum atomic E-state index is 0.519. The average molecular weight is 315 g/mol. The molecule has 1 heterocycles. The summed E-state index contributed by atoms with van der Waals surface area (Å²) in [5.41, 5.74) is 1.12. The van der Waals surface area contributed by atoms with Crippen molar-refractivity contribution in [3.8, 4) is 0 Å². The number of hydrogen-bond donors (Lipinski definition) is 1. The fraction of sp³-hybridized carbons (Fsp3) is 0.625. The zero-order valence-corrected chi connectivity index (χ0v) is 14.0. The highest BCUT2D eigenvalue weighted by Crippen LogP contribution is 2.24. The van der Waals surface area contributed by atoms with Gasteiger partial charge in [0.1, 0.15) is 0 Å². The van der Waals surface area contributed by atoms with Crippen LogP contribution in [0.25, 0.3) is 0 Å². The van der Waals surface area contributed by atoms with E-state index in [1.165, 1.54) is 6.42 Å². The number of nitrogens with zero attached hydrogens (tertiary/aromatic N) is 1. The lowest BCUT2D eigenvalue weighted by molar-refractivity contribution is 0.112.